The molecule has 1 aromatic rings. The van der Waals surface area contributed by atoms with Crippen LogP contribution in [-0.4, -0.2) is 10.5 Å². The number of allylic oxidation sites excluding steroid dienone is 1. The highest BCUT2D eigenvalue weighted by Gasteiger charge is 2.00. The summed E-state index contributed by atoms with van der Waals surface area (Å²) in [6, 6.07) is 8.49. The van der Waals surface area contributed by atoms with Crippen LogP contribution in [0.2, 0.25) is 0 Å². The number of hydrogen-bond donors (Lipinski definition) is 2. The highest BCUT2D eigenvalue weighted by atomic mass is 79.9. The Balaban J connectivity index is 0.000000378. The molecule has 2 rings (SSSR count). The largest absolute Gasteiger partial charge is 0.255 e. The van der Waals surface area contributed by atoms with Gasteiger partial charge in [-0.3, -0.25) is 10.5 Å². The second kappa shape index (κ2) is 5.94. The van der Waals surface area contributed by atoms with Crippen LogP contribution in [0.25, 0.3) is 6.08 Å². The van der Waals surface area contributed by atoms with Gasteiger partial charge in [-0.1, -0.05) is 36.4 Å². The summed E-state index contributed by atoms with van der Waals surface area (Å²) in [5.74, 6) is 0. The molecular formula is C9H11BrO2. The van der Waals surface area contributed by atoms with E-state index in [0.29, 0.717) is 0 Å². The summed E-state index contributed by atoms with van der Waals surface area (Å²) in [5, 5.41) is 12.0. The van der Waals surface area contributed by atoms with E-state index < -0.39 is 0 Å². The first-order chi connectivity index (χ1) is 5.47. The van der Waals surface area contributed by atoms with Crippen molar-refractivity contribution in [1.82, 2.24) is 0 Å². The number of fused-ring (bicyclic) bond motifs is 1. The van der Waals surface area contributed by atoms with E-state index in [2.05, 4.69) is 36.4 Å². The van der Waals surface area contributed by atoms with Gasteiger partial charge in [0.15, 0.2) is 0 Å². The van der Waals surface area contributed by atoms with Crippen molar-refractivity contribution in [1.29, 1.82) is 0 Å². The van der Waals surface area contributed by atoms with Gasteiger partial charge in [0.1, 0.15) is 0 Å². The van der Waals surface area contributed by atoms with Crippen LogP contribution in [0.3, 0.4) is 0 Å². The van der Waals surface area contributed by atoms with E-state index in [1.165, 1.54) is 11.1 Å². The van der Waals surface area contributed by atoms with Gasteiger partial charge < -0.3 is 0 Å². The summed E-state index contributed by atoms with van der Waals surface area (Å²) < 4.78 is 0. The van der Waals surface area contributed by atoms with Crippen LogP contribution in [0.4, 0.5) is 0 Å². The van der Waals surface area contributed by atoms with Crippen LogP contribution < -0.4 is 0 Å². The minimum Gasteiger partial charge on any atom is -0.255 e. The van der Waals surface area contributed by atoms with Crippen molar-refractivity contribution >= 4 is 23.1 Å². The van der Waals surface area contributed by atoms with Gasteiger partial charge in [0.25, 0.3) is 0 Å². The van der Waals surface area contributed by atoms with Gasteiger partial charge in [-0.15, -0.1) is 17.0 Å². The molecule has 0 aromatic heterocycles. The standard InChI is InChI=1S/C9H8.BrH.H2O2/c1-2-5-9-7-3-6-8(9)4-1;;1-2/h1-6H,7H2;1H;1-2H. The Hall–Kier alpha value is -0.640. The molecule has 2 nitrogen and oxygen atoms in total. The van der Waals surface area contributed by atoms with Crippen LogP contribution in [0.15, 0.2) is 30.3 Å². The van der Waals surface area contributed by atoms with E-state index >= 15 is 0 Å². The van der Waals surface area contributed by atoms with Crippen LogP contribution >= 0.6 is 17.0 Å². The van der Waals surface area contributed by atoms with Crippen LogP contribution in [0.1, 0.15) is 11.1 Å². The fraction of sp³-hybridized carbons (Fsp3) is 0.111. The molecule has 0 spiro atoms. The molecule has 0 radical (unpaired) electrons. The Morgan fingerprint density at radius 3 is 2.42 bits per heavy atom. The molecule has 0 saturated carbocycles. The van der Waals surface area contributed by atoms with Crippen molar-refractivity contribution in [3.63, 3.8) is 0 Å². The Kier molecular flexibility index (Phi) is 5.62. The summed E-state index contributed by atoms with van der Waals surface area (Å²) >= 11 is 0. The first-order valence-electron chi connectivity index (χ1n) is 3.41. The quantitative estimate of drug-likeness (QED) is 0.532. The highest BCUT2D eigenvalue weighted by Crippen LogP contribution is 2.17. The second-order valence-electron chi connectivity index (χ2n) is 2.31. The fourth-order valence-electron chi connectivity index (χ4n) is 1.20. The van der Waals surface area contributed by atoms with Crippen molar-refractivity contribution in [3.8, 4) is 0 Å². The second-order valence-corrected chi connectivity index (χ2v) is 2.31. The Morgan fingerprint density at radius 1 is 1.08 bits per heavy atom. The molecule has 0 bridgehead atoms. The van der Waals surface area contributed by atoms with Gasteiger partial charge in [0.05, 0.1) is 0 Å². The van der Waals surface area contributed by atoms with Crippen molar-refractivity contribution < 1.29 is 10.5 Å². The van der Waals surface area contributed by atoms with E-state index in [1.807, 2.05) is 0 Å². The van der Waals surface area contributed by atoms with Crippen LogP contribution in [-0.2, 0) is 6.42 Å². The smallest absolute Gasteiger partial charge is 0.00882 e. The fourth-order valence-corrected chi connectivity index (χ4v) is 1.20. The molecule has 1 aliphatic carbocycles. The maximum Gasteiger partial charge on any atom is -0.00882 e. The maximum atomic E-state index is 6.00. The summed E-state index contributed by atoms with van der Waals surface area (Å²) in [5.41, 5.74) is 2.84. The molecule has 0 atom stereocenters. The summed E-state index contributed by atoms with van der Waals surface area (Å²) in [6.45, 7) is 0. The third-order valence-corrected chi connectivity index (χ3v) is 1.69. The van der Waals surface area contributed by atoms with Crippen molar-refractivity contribution in [2.45, 2.75) is 6.42 Å². The first-order valence-corrected chi connectivity index (χ1v) is 3.41. The molecule has 0 amide bonds. The van der Waals surface area contributed by atoms with Gasteiger partial charge >= 0.3 is 0 Å². The Labute approximate surface area is 81.9 Å². The normalized spacial score (nSPS) is 10.8. The summed E-state index contributed by atoms with van der Waals surface area (Å²) in [6.07, 6.45) is 5.50. The maximum absolute atomic E-state index is 6.00. The average molecular weight is 231 g/mol. The number of rotatable bonds is 0. The van der Waals surface area contributed by atoms with Gasteiger partial charge in [-0.25, -0.2) is 0 Å². The minimum atomic E-state index is 0. The lowest BCUT2D eigenvalue weighted by Gasteiger charge is -1.93. The highest BCUT2D eigenvalue weighted by molar-refractivity contribution is 8.93. The number of benzene rings is 1. The zero-order valence-corrected chi connectivity index (χ0v) is 8.19. The van der Waals surface area contributed by atoms with Crippen molar-refractivity contribution in [2.75, 3.05) is 0 Å². The lowest BCUT2D eigenvalue weighted by Crippen LogP contribution is -1.76. The minimum absolute atomic E-state index is 0. The topological polar surface area (TPSA) is 40.5 Å². The van der Waals surface area contributed by atoms with E-state index in [9.17, 15) is 0 Å². The van der Waals surface area contributed by atoms with E-state index in [-0.39, 0.29) is 17.0 Å². The molecule has 12 heavy (non-hydrogen) atoms. The third-order valence-electron chi connectivity index (χ3n) is 1.69. The molecule has 0 heterocycles. The molecule has 0 saturated heterocycles. The molecule has 66 valence electrons. The lowest BCUT2D eigenvalue weighted by molar-refractivity contribution is -0.176. The molecule has 0 aliphatic heterocycles. The van der Waals surface area contributed by atoms with Crippen LogP contribution in [0.5, 0.6) is 0 Å². The van der Waals surface area contributed by atoms with Gasteiger partial charge in [-0.2, -0.15) is 0 Å². The molecule has 0 unspecified atom stereocenters. The van der Waals surface area contributed by atoms with Gasteiger partial charge in [0, 0.05) is 0 Å². The van der Waals surface area contributed by atoms with Crippen molar-refractivity contribution in [2.24, 2.45) is 0 Å². The monoisotopic (exact) mass is 230 g/mol. The van der Waals surface area contributed by atoms with E-state index in [0.717, 1.165) is 6.42 Å². The number of hydrogen-bond acceptors (Lipinski definition) is 2. The van der Waals surface area contributed by atoms with E-state index in [1.54, 1.807) is 0 Å². The average Bonchev–Trinajstić information content (AvgIpc) is 2.55. The molecule has 1 aliphatic rings. The Morgan fingerprint density at radius 2 is 1.75 bits per heavy atom. The molecule has 0 fully saturated rings. The first kappa shape index (κ1) is 11.4. The predicted molar refractivity (Wildman–Crippen MR) is 54.8 cm³/mol. The SMILES string of the molecule is Br.C1=Cc2ccccc2C1.OO. The summed E-state index contributed by atoms with van der Waals surface area (Å²) in [7, 11) is 0. The Bertz CT molecular complexity index is 258. The molecule has 3 heteroatoms. The molecular weight excluding hydrogens is 220 g/mol. The van der Waals surface area contributed by atoms with Gasteiger partial charge in [0.2, 0.25) is 0 Å². The molecule has 1 aromatic carbocycles. The van der Waals surface area contributed by atoms with E-state index in [4.69, 9.17) is 10.5 Å². The summed E-state index contributed by atoms with van der Waals surface area (Å²) in [4.78, 5) is 0. The van der Waals surface area contributed by atoms with Gasteiger partial charge in [-0.05, 0) is 17.5 Å². The predicted octanol–water partition coefficient (Wildman–Crippen LogP) is 2.85. The number of halogens is 1. The van der Waals surface area contributed by atoms with Crippen molar-refractivity contribution in [3.05, 3.63) is 41.5 Å². The zero-order valence-electron chi connectivity index (χ0n) is 6.47. The van der Waals surface area contributed by atoms with Crippen LogP contribution in [0, 0.1) is 0 Å². The molecule has 2 N–H and O–H groups in total. The lowest BCUT2D eigenvalue weighted by atomic mass is 10.1. The zero-order chi connectivity index (χ0) is 8.10. The third kappa shape index (κ3) is 2.44.